The van der Waals surface area contributed by atoms with Crippen LogP contribution in [0.2, 0.25) is 0 Å². The van der Waals surface area contributed by atoms with Gasteiger partial charge in [-0.2, -0.15) is 4.31 Å². The molecule has 322 valence electrons. The Hall–Kier alpha value is -3.42. The van der Waals surface area contributed by atoms with E-state index in [-0.39, 0.29) is 47.4 Å². The van der Waals surface area contributed by atoms with E-state index in [1.54, 1.807) is 24.3 Å². The van der Waals surface area contributed by atoms with E-state index in [9.17, 15) is 57.9 Å². The maximum Gasteiger partial charge on any atom is 0.481 e. The zero-order chi connectivity index (χ0) is 43.1. The van der Waals surface area contributed by atoms with Crippen molar-refractivity contribution in [3.8, 4) is 5.75 Å². The number of carbonyl (C=O) groups is 3. The average molecular weight is 902 g/mol. The number of aliphatic hydroxyl groups is 2. The minimum Gasteiger partial charge on any atom is -0.496 e. The number of thioether (sulfide) groups is 1. The van der Waals surface area contributed by atoms with Gasteiger partial charge in [0.2, 0.25) is 16.9 Å². The first kappa shape index (κ1) is 47.3. The maximum atomic E-state index is 12.7. The van der Waals surface area contributed by atoms with Gasteiger partial charge in [-0.1, -0.05) is 37.7 Å². The molecule has 4 rings (SSSR count). The zero-order valence-corrected chi connectivity index (χ0v) is 34.3. The van der Waals surface area contributed by atoms with E-state index in [1.165, 1.54) is 21.0 Å². The molecular weight excluding hydrogens is 859 g/mol. The molecule has 1 saturated heterocycles. The molecule has 7 atom stereocenters. The Bertz CT molecular complexity index is 2090. The van der Waals surface area contributed by atoms with Crippen LogP contribution < -0.4 is 21.1 Å². The molecule has 2 amide bonds. The van der Waals surface area contributed by atoms with Crippen molar-refractivity contribution in [1.29, 1.82) is 0 Å². The highest BCUT2D eigenvalue weighted by molar-refractivity contribution is 8.14. The predicted octanol–water partition coefficient (Wildman–Crippen LogP) is -0.0129. The zero-order valence-electron chi connectivity index (χ0n) is 30.8. The first-order chi connectivity index (χ1) is 27.0. The lowest BCUT2D eigenvalue weighted by atomic mass is 9.87. The highest BCUT2D eigenvalue weighted by atomic mass is 32.2. The number of hydrogen-bond donors (Lipinski definition) is 9. The number of carbonyl (C=O) groups excluding carboxylic acids is 3. The Morgan fingerprint density at radius 1 is 1.03 bits per heavy atom. The van der Waals surface area contributed by atoms with Crippen LogP contribution in [0.4, 0.5) is 5.82 Å². The van der Waals surface area contributed by atoms with Gasteiger partial charge in [0.25, 0.3) is 0 Å². The van der Waals surface area contributed by atoms with Crippen molar-refractivity contribution in [2.75, 3.05) is 44.9 Å². The number of hydrogen-bond acceptors (Lipinski definition) is 19. The second kappa shape index (κ2) is 19.8. The van der Waals surface area contributed by atoms with Crippen molar-refractivity contribution in [1.82, 2.24) is 30.2 Å². The molecule has 1 aliphatic heterocycles. The van der Waals surface area contributed by atoms with Gasteiger partial charge in [-0.3, -0.25) is 32.5 Å². The summed E-state index contributed by atoms with van der Waals surface area (Å²) in [6, 6.07) is 6.67. The summed E-state index contributed by atoms with van der Waals surface area (Å²) in [5, 5.41) is 26.1. The maximum absolute atomic E-state index is 12.7. The fourth-order valence-corrected chi connectivity index (χ4v) is 8.71. The minimum absolute atomic E-state index is 0.0267. The summed E-state index contributed by atoms with van der Waals surface area (Å²) in [4.78, 5) is 88.2. The molecule has 0 spiro atoms. The molecule has 29 heteroatoms. The van der Waals surface area contributed by atoms with Gasteiger partial charge in [-0.25, -0.2) is 28.6 Å². The number of nitrogen functional groups attached to an aromatic ring is 1. The molecule has 1 aromatic carbocycles. The third-order valence-corrected chi connectivity index (χ3v) is 12.1. The van der Waals surface area contributed by atoms with Crippen molar-refractivity contribution in [2.24, 2.45) is 5.41 Å². The van der Waals surface area contributed by atoms with Crippen LogP contribution in [0.25, 0.3) is 11.2 Å². The topological polar surface area (TPSA) is 373 Å². The molecule has 1 aliphatic rings. The monoisotopic (exact) mass is 901 g/mol. The summed E-state index contributed by atoms with van der Waals surface area (Å²) in [5.41, 5.74) is 4.62. The van der Waals surface area contributed by atoms with Crippen LogP contribution in [0.15, 0.2) is 36.9 Å². The Balaban J connectivity index is 1.23. The Morgan fingerprint density at radius 2 is 1.72 bits per heavy atom. The Labute approximate surface area is 333 Å². The standard InChI is InChI=1S/C29H42N7O18P3S/c1-29(2,23(39)26(40)32-9-8-19(37)31-10-11-58-28(41)16-6-4-5-7-17(16)49-3)13-51-57(47,48)54-56(45,46)50-12-18-22(53-55(42,43)44)21(38)27(52-18)36-15-35-20-24(30)33-14-34-25(20)36/h4-7,14-15,18,21-23,27,38-39H,8-13H2,1-3H3,(H,31,37)(H,32,40)(H,45,46)(H,47,48)(H2,30,33,34)(H2,42,43,44)/t18-,21-,22-,23+,27-/m1/s1. The average Bonchev–Trinajstić information content (AvgIpc) is 3.71. The molecule has 0 bridgehead atoms. The van der Waals surface area contributed by atoms with Gasteiger partial charge >= 0.3 is 23.5 Å². The minimum atomic E-state index is -5.58. The van der Waals surface area contributed by atoms with E-state index in [0.29, 0.717) is 11.3 Å². The number of aliphatic hydroxyl groups excluding tert-OH is 2. The number of anilines is 1. The number of ether oxygens (including phenoxy) is 2. The van der Waals surface area contributed by atoms with E-state index >= 15 is 0 Å². The van der Waals surface area contributed by atoms with E-state index in [1.807, 2.05) is 0 Å². The van der Waals surface area contributed by atoms with E-state index in [2.05, 4.69) is 34.4 Å². The number of amides is 2. The Kier molecular flexibility index (Phi) is 16.1. The van der Waals surface area contributed by atoms with Crippen LogP contribution in [-0.2, 0) is 45.9 Å². The molecule has 0 saturated carbocycles. The van der Waals surface area contributed by atoms with Crippen molar-refractivity contribution in [2.45, 2.75) is 50.9 Å². The highest BCUT2D eigenvalue weighted by Crippen LogP contribution is 2.61. The molecule has 2 unspecified atom stereocenters. The van der Waals surface area contributed by atoms with Crippen molar-refractivity contribution in [3.05, 3.63) is 42.5 Å². The predicted molar refractivity (Wildman–Crippen MR) is 199 cm³/mol. The lowest BCUT2D eigenvalue weighted by molar-refractivity contribution is -0.137. The SMILES string of the molecule is COc1ccccc1C(=O)SCCNC(=O)CCNC(=O)[C@H](O)C(C)(C)COP(=O)(O)OP(=O)(O)OC[C@H]1O[C@@H](n2cnc3c(N)ncnc32)[C@H](O)[C@@H]1OP(=O)(O)O. The summed E-state index contributed by atoms with van der Waals surface area (Å²) >= 11 is 0.973. The third kappa shape index (κ3) is 13.0. The summed E-state index contributed by atoms with van der Waals surface area (Å²) in [5.74, 6) is -0.835. The number of nitrogens with zero attached hydrogens (tertiary/aromatic N) is 4. The largest absolute Gasteiger partial charge is 0.496 e. The molecule has 0 radical (unpaired) electrons. The molecule has 58 heavy (non-hydrogen) atoms. The summed E-state index contributed by atoms with van der Waals surface area (Å²) in [6.07, 6.45) is -6.99. The molecule has 1 fully saturated rings. The van der Waals surface area contributed by atoms with E-state index in [0.717, 1.165) is 29.0 Å². The molecule has 10 N–H and O–H groups in total. The van der Waals surface area contributed by atoms with Crippen molar-refractivity contribution >= 4 is 69.1 Å². The number of benzene rings is 1. The number of nitrogens with one attached hydrogen (secondary N) is 2. The molecule has 0 aliphatic carbocycles. The van der Waals surface area contributed by atoms with Crippen LogP contribution in [0.3, 0.4) is 0 Å². The highest BCUT2D eigenvalue weighted by Gasteiger charge is 2.50. The number of para-hydroxylation sites is 1. The quantitative estimate of drug-likeness (QED) is 0.0501. The van der Waals surface area contributed by atoms with Gasteiger partial charge in [-0.05, 0) is 12.1 Å². The normalized spacial score (nSPS) is 21.2. The number of methoxy groups -OCH3 is 1. The number of imidazole rings is 1. The fraction of sp³-hybridized carbons (Fsp3) is 0.517. The Morgan fingerprint density at radius 3 is 2.41 bits per heavy atom. The number of aromatic nitrogens is 4. The number of phosphoric acid groups is 3. The summed E-state index contributed by atoms with van der Waals surface area (Å²) in [6.45, 7) is 0.371. The molecule has 3 heterocycles. The summed E-state index contributed by atoms with van der Waals surface area (Å²) in [7, 11) is -15.0. The lowest BCUT2D eigenvalue weighted by Gasteiger charge is -2.30. The second-order valence-electron chi connectivity index (χ2n) is 12.9. The smallest absolute Gasteiger partial charge is 0.481 e. The van der Waals surface area contributed by atoms with Gasteiger partial charge in [0, 0.05) is 30.7 Å². The lowest BCUT2D eigenvalue weighted by Crippen LogP contribution is -2.46. The van der Waals surface area contributed by atoms with Crippen LogP contribution in [0.1, 0.15) is 36.9 Å². The van der Waals surface area contributed by atoms with Crippen LogP contribution in [0.5, 0.6) is 5.75 Å². The molecular formula is C29H42N7O18P3S. The molecule has 3 aromatic rings. The number of rotatable bonds is 21. The van der Waals surface area contributed by atoms with Gasteiger partial charge < -0.3 is 55.6 Å². The van der Waals surface area contributed by atoms with Gasteiger partial charge in [0.1, 0.15) is 42.0 Å². The molecule has 2 aromatic heterocycles. The van der Waals surface area contributed by atoms with Crippen LogP contribution >= 0.6 is 35.2 Å². The van der Waals surface area contributed by atoms with Crippen molar-refractivity contribution in [3.63, 3.8) is 0 Å². The van der Waals surface area contributed by atoms with Gasteiger partial charge in [0.05, 0.1) is 32.2 Å². The van der Waals surface area contributed by atoms with E-state index < -0.39 is 84.6 Å². The van der Waals surface area contributed by atoms with Crippen LogP contribution in [-0.4, -0.2) is 130 Å². The number of phosphoric ester groups is 3. The molecule has 25 nitrogen and oxygen atoms in total. The summed E-state index contributed by atoms with van der Waals surface area (Å²) < 4.78 is 67.3. The van der Waals surface area contributed by atoms with Crippen molar-refractivity contribution < 1.29 is 85.2 Å². The number of fused-ring (bicyclic) bond motifs is 1. The van der Waals surface area contributed by atoms with E-state index in [4.69, 9.17) is 24.3 Å². The van der Waals surface area contributed by atoms with Crippen LogP contribution in [0, 0.1) is 5.41 Å². The first-order valence-corrected chi connectivity index (χ1v) is 22.2. The first-order valence-electron chi connectivity index (χ1n) is 16.7. The van der Waals surface area contributed by atoms with Gasteiger partial charge in [0.15, 0.2) is 17.7 Å². The second-order valence-corrected chi connectivity index (χ2v) is 18.2. The number of nitrogens with two attached hydrogens (primary N) is 1. The fourth-order valence-electron chi connectivity index (χ4n) is 5.16. The third-order valence-electron chi connectivity index (χ3n) is 8.06. The van der Waals surface area contributed by atoms with Gasteiger partial charge in [-0.15, -0.1) is 0 Å².